The lowest BCUT2D eigenvalue weighted by Crippen LogP contribution is -2.41. The molecule has 0 amide bonds. The fraction of sp³-hybridized carbons (Fsp3) is 0.400. The predicted octanol–water partition coefficient (Wildman–Crippen LogP) is 2.88. The van der Waals surface area contributed by atoms with Crippen molar-refractivity contribution in [2.75, 3.05) is 0 Å². The van der Waals surface area contributed by atoms with Crippen LogP contribution in [0.2, 0.25) is 0 Å². The van der Waals surface area contributed by atoms with Crippen LogP contribution < -0.4 is 10.5 Å². The van der Waals surface area contributed by atoms with E-state index in [9.17, 15) is 0 Å². The van der Waals surface area contributed by atoms with E-state index in [4.69, 9.17) is 10.5 Å². The summed E-state index contributed by atoms with van der Waals surface area (Å²) in [6.45, 7) is 0. The van der Waals surface area contributed by atoms with E-state index >= 15 is 0 Å². The molecule has 3 nitrogen and oxygen atoms in total. The second-order valence-electron chi connectivity index (χ2n) is 4.95. The smallest absolute Gasteiger partial charge is 0.214 e. The molecule has 18 heavy (non-hydrogen) atoms. The largest absolute Gasteiger partial charge is 0.473 e. The van der Waals surface area contributed by atoms with Gasteiger partial charge >= 0.3 is 0 Å². The summed E-state index contributed by atoms with van der Waals surface area (Å²) in [5, 5.41) is 1.14. The van der Waals surface area contributed by atoms with E-state index in [1.165, 1.54) is 12.8 Å². The van der Waals surface area contributed by atoms with E-state index in [0.717, 1.165) is 23.7 Å². The van der Waals surface area contributed by atoms with Gasteiger partial charge in [0, 0.05) is 17.5 Å². The van der Waals surface area contributed by atoms with Crippen molar-refractivity contribution in [2.45, 2.75) is 37.8 Å². The lowest BCUT2D eigenvalue weighted by Gasteiger charge is -2.28. The van der Waals surface area contributed by atoms with Crippen LogP contribution in [0.3, 0.4) is 0 Å². The minimum Gasteiger partial charge on any atom is -0.473 e. The second kappa shape index (κ2) is 4.94. The van der Waals surface area contributed by atoms with Crippen molar-refractivity contribution in [3.63, 3.8) is 0 Å². The standard InChI is InChI=1S/C15H18N2O/c16-12-6-2-4-8-14(12)18-15-10-9-11-5-1-3-7-13(11)17-15/h1,3,5,7,9-10,12,14H,2,4,6,8,16H2. The molecule has 1 aliphatic rings. The van der Waals surface area contributed by atoms with Gasteiger partial charge in [-0.2, -0.15) is 0 Å². The fourth-order valence-corrected chi connectivity index (χ4v) is 2.54. The van der Waals surface area contributed by atoms with E-state index in [1.54, 1.807) is 0 Å². The van der Waals surface area contributed by atoms with Crippen LogP contribution in [-0.2, 0) is 0 Å². The first-order valence-electron chi connectivity index (χ1n) is 6.61. The number of nitrogens with zero attached hydrogens (tertiary/aromatic N) is 1. The Bertz CT molecular complexity index is 541. The van der Waals surface area contributed by atoms with E-state index in [2.05, 4.69) is 11.1 Å². The van der Waals surface area contributed by atoms with Crippen LogP contribution >= 0.6 is 0 Å². The Labute approximate surface area is 107 Å². The number of hydrogen-bond acceptors (Lipinski definition) is 3. The first kappa shape index (κ1) is 11.5. The van der Waals surface area contributed by atoms with Crippen molar-refractivity contribution in [1.82, 2.24) is 4.98 Å². The first-order valence-corrected chi connectivity index (χ1v) is 6.61. The molecule has 1 aliphatic carbocycles. The van der Waals surface area contributed by atoms with Crippen molar-refractivity contribution in [2.24, 2.45) is 5.73 Å². The van der Waals surface area contributed by atoms with Gasteiger partial charge in [0.15, 0.2) is 0 Å². The molecule has 2 N–H and O–H groups in total. The summed E-state index contributed by atoms with van der Waals surface area (Å²) in [6.07, 6.45) is 4.62. The number of para-hydroxylation sites is 1. The van der Waals surface area contributed by atoms with Crippen molar-refractivity contribution < 1.29 is 4.74 Å². The Kier molecular flexibility index (Phi) is 3.15. The first-order chi connectivity index (χ1) is 8.83. The Morgan fingerprint density at radius 3 is 2.78 bits per heavy atom. The minimum atomic E-state index is 0.118. The zero-order valence-corrected chi connectivity index (χ0v) is 10.4. The Balaban J connectivity index is 1.81. The van der Waals surface area contributed by atoms with Gasteiger partial charge in [-0.05, 0) is 31.4 Å². The molecule has 3 rings (SSSR count). The van der Waals surface area contributed by atoms with Gasteiger partial charge in [-0.25, -0.2) is 4.98 Å². The molecule has 1 heterocycles. The average Bonchev–Trinajstić information content (AvgIpc) is 2.41. The van der Waals surface area contributed by atoms with Crippen LogP contribution in [0.5, 0.6) is 5.88 Å². The highest BCUT2D eigenvalue weighted by Crippen LogP contribution is 2.23. The molecule has 1 aromatic carbocycles. The van der Waals surface area contributed by atoms with Gasteiger partial charge in [0.1, 0.15) is 6.10 Å². The summed E-state index contributed by atoms with van der Waals surface area (Å²) in [6, 6.07) is 12.2. The number of pyridine rings is 1. The van der Waals surface area contributed by atoms with Crippen LogP contribution in [0.1, 0.15) is 25.7 Å². The number of fused-ring (bicyclic) bond motifs is 1. The fourth-order valence-electron chi connectivity index (χ4n) is 2.54. The maximum Gasteiger partial charge on any atom is 0.214 e. The highest BCUT2D eigenvalue weighted by molar-refractivity contribution is 5.78. The topological polar surface area (TPSA) is 48.1 Å². The normalized spacial score (nSPS) is 24.1. The molecule has 3 heteroatoms. The van der Waals surface area contributed by atoms with E-state index in [1.807, 2.05) is 30.3 Å². The van der Waals surface area contributed by atoms with Crippen LogP contribution in [0.25, 0.3) is 10.9 Å². The highest BCUT2D eigenvalue weighted by atomic mass is 16.5. The third-order valence-corrected chi connectivity index (χ3v) is 3.60. The molecule has 0 aliphatic heterocycles. The van der Waals surface area contributed by atoms with Crippen molar-refractivity contribution in [3.05, 3.63) is 36.4 Å². The maximum atomic E-state index is 6.09. The third kappa shape index (κ3) is 2.31. The van der Waals surface area contributed by atoms with E-state index in [-0.39, 0.29) is 12.1 Å². The van der Waals surface area contributed by atoms with Crippen LogP contribution in [0, 0.1) is 0 Å². The van der Waals surface area contributed by atoms with Gasteiger partial charge in [-0.1, -0.05) is 24.6 Å². The highest BCUT2D eigenvalue weighted by Gasteiger charge is 2.23. The van der Waals surface area contributed by atoms with Crippen molar-refractivity contribution >= 4 is 10.9 Å². The molecule has 0 bridgehead atoms. The molecule has 2 unspecified atom stereocenters. The molecule has 2 atom stereocenters. The molecular weight excluding hydrogens is 224 g/mol. The molecule has 1 fully saturated rings. The maximum absolute atomic E-state index is 6.09. The van der Waals surface area contributed by atoms with E-state index in [0.29, 0.717) is 5.88 Å². The minimum absolute atomic E-state index is 0.118. The molecule has 2 aromatic rings. The number of hydrogen-bond donors (Lipinski definition) is 1. The summed E-state index contributed by atoms with van der Waals surface area (Å²) in [5.74, 6) is 0.691. The monoisotopic (exact) mass is 242 g/mol. The Hall–Kier alpha value is -1.61. The average molecular weight is 242 g/mol. The van der Waals surface area contributed by atoms with Crippen molar-refractivity contribution in [3.8, 4) is 5.88 Å². The lowest BCUT2D eigenvalue weighted by atomic mass is 9.93. The summed E-state index contributed by atoms with van der Waals surface area (Å²) in [4.78, 5) is 4.53. The van der Waals surface area contributed by atoms with Gasteiger partial charge in [0.25, 0.3) is 0 Å². The SMILES string of the molecule is NC1CCCCC1Oc1ccc2ccccc2n1. The second-order valence-corrected chi connectivity index (χ2v) is 4.95. The van der Waals surface area contributed by atoms with Gasteiger partial charge < -0.3 is 10.5 Å². The molecule has 0 spiro atoms. The van der Waals surface area contributed by atoms with Gasteiger partial charge in [0.2, 0.25) is 5.88 Å². The predicted molar refractivity (Wildman–Crippen MR) is 72.6 cm³/mol. The summed E-state index contributed by atoms with van der Waals surface area (Å²) < 4.78 is 5.94. The summed E-state index contributed by atoms with van der Waals surface area (Å²) >= 11 is 0. The number of aromatic nitrogens is 1. The van der Waals surface area contributed by atoms with Gasteiger partial charge in [0.05, 0.1) is 5.52 Å². The molecular formula is C15H18N2O. The van der Waals surface area contributed by atoms with E-state index < -0.39 is 0 Å². The summed E-state index contributed by atoms with van der Waals surface area (Å²) in [5.41, 5.74) is 7.06. The lowest BCUT2D eigenvalue weighted by molar-refractivity contribution is 0.127. The van der Waals surface area contributed by atoms with Gasteiger partial charge in [-0.15, -0.1) is 0 Å². The number of rotatable bonds is 2. The third-order valence-electron chi connectivity index (χ3n) is 3.60. The number of benzene rings is 1. The van der Waals surface area contributed by atoms with Crippen molar-refractivity contribution in [1.29, 1.82) is 0 Å². The molecule has 1 saturated carbocycles. The molecule has 94 valence electrons. The zero-order valence-electron chi connectivity index (χ0n) is 10.4. The number of nitrogens with two attached hydrogens (primary N) is 1. The number of ether oxygens (including phenoxy) is 1. The Morgan fingerprint density at radius 2 is 1.89 bits per heavy atom. The summed E-state index contributed by atoms with van der Waals surface area (Å²) in [7, 11) is 0. The molecule has 1 aromatic heterocycles. The molecule has 0 radical (unpaired) electrons. The zero-order chi connectivity index (χ0) is 12.4. The molecule has 0 saturated heterocycles. The van der Waals surface area contributed by atoms with Gasteiger partial charge in [-0.3, -0.25) is 0 Å². The quantitative estimate of drug-likeness (QED) is 0.880. The van der Waals surface area contributed by atoms with Crippen LogP contribution in [0.15, 0.2) is 36.4 Å². The Morgan fingerprint density at radius 1 is 1.06 bits per heavy atom. The van der Waals surface area contributed by atoms with Crippen LogP contribution in [-0.4, -0.2) is 17.1 Å². The van der Waals surface area contributed by atoms with Crippen LogP contribution in [0.4, 0.5) is 0 Å².